The number of hydrogen-bond donors (Lipinski definition) is 3. The standard InChI is InChI=1S/C27H17F6N7O2/c1-26(12-2-3-14(18(41)8-12)27(31,32)33)19-21(34)37-22(38-23(19)39-25(26)42)17-10-40-5-4-35-24(40)16(36-17)7-11-6-13(28)9-15(29)20(11)30/h2-6,8-10,41H,7H2,1H3,(H3,34,37,38,39,42)/t26-/m0/s1. The van der Waals surface area contributed by atoms with Gasteiger partial charge in [-0.25, -0.2) is 33.1 Å². The average molecular weight is 585 g/mol. The molecular weight excluding hydrogens is 568 g/mol. The molecule has 5 aromatic rings. The third-order valence-corrected chi connectivity index (χ3v) is 7.10. The van der Waals surface area contributed by atoms with Crippen LogP contribution in [-0.4, -0.2) is 35.4 Å². The number of phenols is 1. The number of aromatic hydroxyl groups is 1. The molecule has 1 amide bonds. The number of benzene rings is 2. The molecule has 42 heavy (non-hydrogen) atoms. The zero-order valence-corrected chi connectivity index (χ0v) is 21.3. The molecule has 0 aliphatic carbocycles. The lowest BCUT2D eigenvalue weighted by molar-refractivity contribution is -0.138. The summed E-state index contributed by atoms with van der Waals surface area (Å²) in [5.41, 5.74) is 3.57. The van der Waals surface area contributed by atoms with Crippen LogP contribution >= 0.6 is 0 Å². The highest BCUT2D eigenvalue weighted by Gasteiger charge is 2.48. The maximum atomic E-state index is 14.4. The zero-order valence-electron chi connectivity index (χ0n) is 21.3. The molecule has 1 atom stereocenters. The van der Waals surface area contributed by atoms with Gasteiger partial charge in [-0.05, 0) is 36.2 Å². The molecule has 1 aliphatic rings. The average Bonchev–Trinajstić information content (AvgIpc) is 3.49. The fourth-order valence-electron chi connectivity index (χ4n) is 5.02. The van der Waals surface area contributed by atoms with Gasteiger partial charge in [0.25, 0.3) is 0 Å². The summed E-state index contributed by atoms with van der Waals surface area (Å²) in [6.07, 6.45) is -0.719. The van der Waals surface area contributed by atoms with Crippen LogP contribution in [0.25, 0.3) is 17.2 Å². The van der Waals surface area contributed by atoms with Gasteiger partial charge in [-0.3, -0.25) is 4.79 Å². The first-order chi connectivity index (χ1) is 19.8. The van der Waals surface area contributed by atoms with Crippen LogP contribution in [0.5, 0.6) is 5.75 Å². The molecule has 0 radical (unpaired) electrons. The number of rotatable bonds is 4. The highest BCUT2D eigenvalue weighted by atomic mass is 19.4. The van der Waals surface area contributed by atoms with Gasteiger partial charge in [0.2, 0.25) is 5.91 Å². The third kappa shape index (κ3) is 4.15. The van der Waals surface area contributed by atoms with Crippen LogP contribution in [0.2, 0.25) is 0 Å². The SMILES string of the molecule is C[C@@]1(c2ccc(C(F)(F)F)c(O)c2)C(=O)Nc2nc(-c3cn4ccnc4c(Cc4cc(F)cc(F)c4F)n3)nc(N)c21. The number of nitrogens with two attached hydrogens (primary N) is 1. The molecular formula is C27H17F6N7O2. The topological polar surface area (TPSA) is 131 Å². The van der Waals surface area contributed by atoms with E-state index in [1.807, 2.05) is 0 Å². The Labute approximate surface area is 231 Å². The number of fused-ring (bicyclic) bond motifs is 2. The summed E-state index contributed by atoms with van der Waals surface area (Å²) in [5.74, 6) is -5.68. The molecule has 0 unspecified atom stereocenters. The van der Waals surface area contributed by atoms with E-state index in [-0.39, 0.29) is 57.6 Å². The lowest BCUT2D eigenvalue weighted by atomic mass is 9.77. The first-order valence-corrected chi connectivity index (χ1v) is 12.1. The number of imidazole rings is 1. The summed E-state index contributed by atoms with van der Waals surface area (Å²) in [6.45, 7) is 1.40. The van der Waals surface area contributed by atoms with E-state index in [0.717, 1.165) is 18.2 Å². The second kappa shape index (κ2) is 9.15. The summed E-state index contributed by atoms with van der Waals surface area (Å²) in [5, 5.41) is 12.6. The normalized spacial score (nSPS) is 16.6. The quantitative estimate of drug-likeness (QED) is 0.205. The predicted molar refractivity (Wildman–Crippen MR) is 136 cm³/mol. The summed E-state index contributed by atoms with van der Waals surface area (Å²) in [7, 11) is 0. The van der Waals surface area contributed by atoms with Gasteiger partial charge >= 0.3 is 6.18 Å². The van der Waals surface area contributed by atoms with Crippen molar-refractivity contribution in [3.05, 3.63) is 94.3 Å². The Hall–Kier alpha value is -5.21. The van der Waals surface area contributed by atoms with Crippen LogP contribution in [0.4, 0.5) is 38.0 Å². The van der Waals surface area contributed by atoms with Gasteiger partial charge in [0.05, 0.1) is 16.8 Å². The molecule has 4 N–H and O–H groups in total. The number of halogens is 6. The Balaban J connectivity index is 1.44. The Bertz CT molecular complexity index is 1940. The van der Waals surface area contributed by atoms with E-state index in [0.29, 0.717) is 12.1 Å². The third-order valence-electron chi connectivity index (χ3n) is 7.10. The fourth-order valence-corrected chi connectivity index (χ4v) is 5.02. The Morgan fingerprint density at radius 1 is 1.10 bits per heavy atom. The van der Waals surface area contributed by atoms with Crippen molar-refractivity contribution in [1.82, 2.24) is 24.3 Å². The maximum absolute atomic E-state index is 14.4. The van der Waals surface area contributed by atoms with E-state index in [9.17, 15) is 36.2 Å². The highest BCUT2D eigenvalue weighted by Crippen LogP contribution is 2.47. The molecule has 4 heterocycles. The first kappa shape index (κ1) is 27.0. The molecule has 0 fully saturated rings. The minimum Gasteiger partial charge on any atom is -0.507 e. The monoisotopic (exact) mass is 585 g/mol. The van der Waals surface area contributed by atoms with E-state index >= 15 is 0 Å². The molecule has 6 rings (SSSR count). The van der Waals surface area contributed by atoms with E-state index < -0.39 is 46.3 Å². The van der Waals surface area contributed by atoms with E-state index in [1.54, 1.807) is 6.20 Å². The second-order valence-corrected chi connectivity index (χ2v) is 9.73. The summed E-state index contributed by atoms with van der Waals surface area (Å²) >= 11 is 0. The Kier molecular flexibility index (Phi) is 5.88. The van der Waals surface area contributed by atoms with Gasteiger partial charge in [0.1, 0.15) is 34.3 Å². The predicted octanol–water partition coefficient (Wildman–Crippen LogP) is 4.76. The lowest BCUT2D eigenvalue weighted by Gasteiger charge is -2.24. The molecule has 1 aliphatic heterocycles. The lowest BCUT2D eigenvalue weighted by Crippen LogP contribution is -2.33. The van der Waals surface area contributed by atoms with Crippen molar-refractivity contribution < 1.29 is 36.2 Å². The number of alkyl halides is 3. The van der Waals surface area contributed by atoms with Gasteiger partial charge in [-0.15, -0.1) is 0 Å². The molecule has 214 valence electrons. The number of aromatic nitrogens is 5. The number of hydrogen-bond acceptors (Lipinski definition) is 7. The summed E-state index contributed by atoms with van der Waals surface area (Å²) < 4.78 is 83.1. The number of amides is 1. The van der Waals surface area contributed by atoms with Gasteiger partial charge in [-0.2, -0.15) is 13.2 Å². The van der Waals surface area contributed by atoms with Crippen LogP contribution in [0.3, 0.4) is 0 Å². The van der Waals surface area contributed by atoms with Crippen LogP contribution in [0, 0.1) is 17.5 Å². The van der Waals surface area contributed by atoms with E-state index in [2.05, 4.69) is 25.3 Å². The van der Waals surface area contributed by atoms with Crippen molar-refractivity contribution >= 4 is 23.2 Å². The molecule has 0 saturated heterocycles. The van der Waals surface area contributed by atoms with Crippen LogP contribution in [0.15, 0.2) is 48.9 Å². The number of nitrogen functional groups attached to an aromatic ring is 1. The van der Waals surface area contributed by atoms with Crippen LogP contribution in [0.1, 0.15) is 34.9 Å². The number of carbonyl (C=O) groups excluding carboxylic acids is 1. The number of anilines is 2. The minimum atomic E-state index is -4.81. The van der Waals surface area contributed by atoms with Crippen molar-refractivity contribution in [3.8, 4) is 17.3 Å². The first-order valence-electron chi connectivity index (χ1n) is 12.1. The summed E-state index contributed by atoms with van der Waals surface area (Å²) in [4.78, 5) is 30.4. The Morgan fingerprint density at radius 2 is 1.86 bits per heavy atom. The minimum absolute atomic E-state index is 0.0110. The van der Waals surface area contributed by atoms with E-state index in [4.69, 9.17) is 5.73 Å². The molecule has 0 spiro atoms. The van der Waals surface area contributed by atoms with Crippen LogP contribution in [-0.2, 0) is 22.8 Å². The molecule has 15 heteroatoms. The zero-order chi connectivity index (χ0) is 30.1. The van der Waals surface area contributed by atoms with Crippen LogP contribution < -0.4 is 11.1 Å². The largest absolute Gasteiger partial charge is 0.507 e. The van der Waals surface area contributed by atoms with Crippen molar-refractivity contribution in [2.24, 2.45) is 0 Å². The number of nitrogens with zero attached hydrogens (tertiary/aromatic N) is 5. The molecule has 2 aromatic carbocycles. The van der Waals surface area contributed by atoms with Crippen molar-refractivity contribution in [2.45, 2.75) is 24.9 Å². The number of nitrogens with one attached hydrogen (secondary N) is 1. The highest BCUT2D eigenvalue weighted by molar-refractivity contribution is 6.09. The fraction of sp³-hybridized carbons (Fsp3) is 0.148. The van der Waals surface area contributed by atoms with Crippen molar-refractivity contribution in [1.29, 1.82) is 0 Å². The van der Waals surface area contributed by atoms with Gasteiger partial charge in [0.15, 0.2) is 23.1 Å². The van der Waals surface area contributed by atoms with Gasteiger partial charge in [0, 0.05) is 31.1 Å². The Morgan fingerprint density at radius 3 is 2.57 bits per heavy atom. The number of phenolic OH excluding ortho intramolecular Hbond substituents is 1. The van der Waals surface area contributed by atoms with E-state index in [1.165, 1.54) is 23.7 Å². The van der Waals surface area contributed by atoms with Gasteiger partial charge < -0.3 is 20.6 Å². The summed E-state index contributed by atoms with van der Waals surface area (Å²) in [6, 6.07) is 3.81. The molecule has 0 saturated carbocycles. The molecule has 0 bridgehead atoms. The number of carbonyl (C=O) groups is 1. The van der Waals surface area contributed by atoms with Crippen molar-refractivity contribution in [2.75, 3.05) is 11.1 Å². The van der Waals surface area contributed by atoms with Gasteiger partial charge in [-0.1, -0.05) is 6.07 Å². The molecule has 9 nitrogen and oxygen atoms in total. The van der Waals surface area contributed by atoms with Crippen molar-refractivity contribution in [3.63, 3.8) is 0 Å². The maximum Gasteiger partial charge on any atom is 0.419 e. The molecule has 3 aromatic heterocycles. The smallest absolute Gasteiger partial charge is 0.419 e. The second-order valence-electron chi connectivity index (χ2n) is 9.73.